The van der Waals surface area contributed by atoms with Crippen molar-refractivity contribution in [3.63, 3.8) is 0 Å². The number of aromatic amines is 1. The summed E-state index contributed by atoms with van der Waals surface area (Å²) in [6.07, 6.45) is -0.195. The smallest absolute Gasteiger partial charge is 0.327 e. The molecule has 0 bridgehead atoms. The highest BCUT2D eigenvalue weighted by Crippen LogP contribution is 2.24. The zero-order chi connectivity index (χ0) is 75.6. The van der Waals surface area contributed by atoms with Crippen molar-refractivity contribution in [2.75, 3.05) is 26.2 Å². The van der Waals surface area contributed by atoms with Gasteiger partial charge in [-0.15, -0.1) is 0 Å². The van der Waals surface area contributed by atoms with Crippen molar-refractivity contribution in [2.24, 2.45) is 33.2 Å². The average Bonchev–Trinajstić information content (AvgIpc) is 1.80. The van der Waals surface area contributed by atoms with Crippen LogP contribution in [0, 0.1) is 5.92 Å². The highest BCUT2D eigenvalue weighted by atomic mass is 35.5. The van der Waals surface area contributed by atoms with Gasteiger partial charge in [0.25, 0.3) is 0 Å². The van der Waals surface area contributed by atoms with E-state index in [1.165, 1.54) is 11.8 Å². The number of carboxylic acid groups (broad SMARTS) is 1. The van der Waals surface area contributed by atoms with Crippen LogP contribution in [-0.2, 0) is 81.6 Å². The molecule has 0 radical (unpaired) electrons. The number of amides is 12. The van der Waals surface area contributed by atoms with Crippen LogP contribution >= 0.6 is 11.6 Å². The lowest BCUT2D eigenvalue weighted by atomic mass is 9.98. The second-order valence-corrected chi connectivity index (χ2v) is 26.5. The minimum atomic E-state index is -1.96. The number of carbonyl (C=O) groups excluding carboxylic acids is 12. The third kappa shape index (κ3) is 24.3. The summed E-state index contributed by atoms with van der Waals surface area (Å²) in [5, 5.41) is 41.9. The number of carbonyl (C=O) groups is 13. The Morgan fingerprint density at radius 3 is 2.05 bits per heavy atom. The van der Waals surface area contributed by atoms with Crippen molar-refractivity contribution in [3.05, 3.63) is 129 Å². The Bertz CT molecular complexity index is 4030. The van der Waals surface area contributed by atoms with Gasteiger partial charge in [-0.2, -0.15) is 0 Å². The van der Waals surface area contributed by atoms with E-state index in [2.05, 4.69) is 73.2 Å². The summed E-state index contributed by atoms with van der Waals surface area (Å²) in [7, 11) is 0. The summed E-state index contributed by atoms with van der Waals surface area (Å²) >= 11 is 6.21. The fourth-order valence-electron chi connectivity index (χ4n) is 12.3. The molecule has 2 aliphatic heterocycles. The van der Waals surface area contributed by atoms with Gasteiger partial charge in [-0.3, -0.25) is 62.5 Å². The highest BCUT2D eigenvalue weighted by Gasteiger charge is 2.41. The van der Waals surface area contributed by atoms with E-state index >= 15 is 19.2 Å². The first kappa shape index (κ1) is 80.1. The molecule has 0 spiro atoms. The Labute approximate surface area is 603 Å². The van der Waals surface area contributed by atoms with Crippen molar-refractivity contribution in [2.45, 2.75) is 171 Å². The maximum Gasteiger partial charge on any atom is 0.327 e. The standard InChI is InChI=1S/C70H90ClN19O14/c1-38(2)30-51(62(96)81-50(17-10-28-77-70(73)74)68(102)90-29-11-18-57(90)67(101)87-56(36-72)69(103)104)82-64(98)53(33-41-19-22-42-12-4-5-13-43(42)31-41)84-60(94)48-16-8-9-27-76-58(92)26-25-49(79-39(3)91)61(95)83-52(32-40-20-23-45(71)24-21-40)63(97)85-54(34-44-37-78-47-15-7-6-14-46(44)47)65(99)86-55(66(100)80-48)35-59(93)88-89-75/h4-7,12-15,19-24,31,37-38,48-57,78H,8-11,16-18,25-30,32-36,72H2,1-3H3,(H,76,92)(H,79,91)(H,80,100)(H,81,96)(H,82,98)(H,83,95)(H,84,94)(H,85,97)(H,86,99)(H,87,101)(H,103,104)(H4,73,74,77)/t48-,49-,50-,51-,52+,53+,54+,55-,56-,57-/m0/s1. The summed E-state index contributed by atoms with van der Waals surface area (Å²) in [5.41, 5.74) is 28.3. The molecule has 556 valence electrons. The number of halogens is 1. The molecule has 0 aliphatic carbocycles. The topological polar surface area (TPSA) is 521 Å². The molecule has 2 saturated heterocycles. The molecule has 0 unspecified atom stereocenters. The van der Waals surface area contributed by atoms with Crippen molar-refractivity contribution in [1.82, 2.24) is 63.1 Å². The van der Waals surface area contributed by atoms with Gasteiger partial charge in [0.2, 0.25) is 70.9 Å². The molecule has 5 aromatic rings. The number of para-hydroxylation sites is 1. The lowest BCUT2D eigenvalue weighted by molar-refractivity contribution is -0.145. The molecule has 104 heavy (non-hydrogen) atoms. The predicted molar refractivity (Wildman–Crippen MR) is 384 cm³/mol. The SMILES string of the molecule is CC(=O)N[C@H]1CCC(=O)NCCCC[C@@H](C(=O)N[C@H](Cc2ccc3ccccc3c2)C(=O)N[C@@H](CC(C)C)C(=O)N[C@@H](CCCN=C(N)N)C(=O)N2CCC[C@H]2C(=O)N[C@@H](CN)C(=O)O)NC(=O)[C@H](CC(=O)N=[N+]=[N-])NC(=O)[C@@H](Cc2c[nH]c3ccccc23)NC(=O)[C@@H](Cc2ccc(Cl)cc2)NC1=O. The third-order valence-corrected chi connectivity index (χ3v) is 17.8. The predicted octanol–water partition coefficient (Wildman–Crippen LogP) is 0.827. The average molecular weight is 1460 g/mol. The number of nitrogens with zero attached hydrogens (tertiary/aromatic N) is 5. The first-order valence-electron chi connectivity index (χ1n) is 34.3. The van der Waals surface area contributed by atoms with E-state index in [-0.39, 0.29) is 109 Å². The normalized spacial score (nSPS) is 19.8. The van der Waals surface area contributed by atoms with Crippen LogP contribution in [0.1, 0.15) is 108 Å². The molecule has 3 heterocycles. The van der Waals surface area contributed by atoms with Gasteiger partial charge in [-0.05, 0) is 120 Å². The van der Waals surface area contributed by atoms with Gasteiger partial charge >= 0.3 is 5.97 Å². The second-order valence-electron chi connectivity index (χ2n) is 26.0. The molecule has 1 aromatic heterocycles. The number of benzene rings is 4. The minimum Gasteiger partial charge on any atom is -0.480 e. The Balaban J connectivity index is 1.24. The Morgan fingerprint density at radius 1 is 0.712 bits per heavy atom. The number of rotatable bonds is 26. The third-order valence-electron chi connectivity index (χ3n) is 17.6. The second kappa shape index (κ2) is 39.3. The first-order valence-corrected chi connectivity index (χ1v) is 34.7. The van der Waals surface area contributed by atoms with Gasteiger partial charge in [0.15, 0.2) is 5.96 Å². The molecule has 33 nitrogen and oxygen atoms in total. The van der Waals surface area contributed by atoms with Crippen LogP contribution in [-0.4, -0.2) is 184 Å². The van der Waals surface area contributed by atoms with E-state index < -0.39 is 150 Å². The van der Waals surface area contributed by atoms with Crippen LogP contribution in [0.2, 0.25) is 5.02 Å². The zero-order valence-electron chi connectivity index (χ0n) is 57.9. The summed E-state index contributed by atoms with van der Waals surface area (Å²) in [6.45, 7) is 4.34. The van der Waals surface area contributed by atoms with Crippen molar-refractivity contribution in [1.29, 1.82) is 0 Å². The van der Waals surface area contributed by atoms with E-state index in [9.17, 15) is 53.8 Å². The molecular formula is C70H90ClN19O14. The number of aliphatic carboxylic acids is 1. The van der Waals surface area contributed by atoms with Gasteiger partial charge in [-0.1, -0.05) is 98.2 Å². The van der Waals surface area contributed by atoms with Crippen LogP contribution in [0.4, 0.5) is 0 Å². The lowest BCUT2D eigenvalue weighted by Gasteiger charge is -2.31. The van der Waals surface area contributed by atoms with Crippen LogP contribution in [0.15, 0.2) is 107 Å². The maximum atomic E-state index is 15.3. The summed E-state index contributed by atoms with van der Waals surface area (Å²) in [6, 6.07) is 11.0. The minimum absolute atomic E-state index is 0.0242. The number of aromatic nitrogens is 1. The molecule has 2 aliphatic rings. The molecule has 7 rings (SSSR count). The van der Waals surface area contributed by atoms with Crippen molar-refractivity contribution >= 4 is 116 Å². The van der Waals surface area contributed by atoms with E-state index in [0.29, 0.717) is 39.0 Å². The number of fused-ring (bicyclic) bond motifs is 2. The van der Waals surface area contributed by atoms with Crippen molar-refractivity contribution in [3.8, 4) is 0 Å². The fourth-order valence-corrected chi connectivity index (χ4v) is 12.4. The number of H-pyrrole nitrogens is 1. The number of nitrogens with two attached hydrogens (primary N) is 3. The number of hydrogen-bond donors (Lipinski definition) is 15. The van der Waals surface area contributed by atoms with Crippen LogP contribution in [0.3, 0.4) is 0 Å². The number of likely N-dealkylation sites (tertiary alicyclic amines) is 1. The van der Waals surface area contributed by atoms with E-state index in [1.54, 1.807) is 92.8 Å². The van der Waals surface area contributed by atoms with Crippen LogP contribution in [0.25, 0.3) is 32.1 Å². The quantitative estimate of drug-likeness (QED) is 0.00910. The number of guanidine groups is 1. The number of aliphatic imine (C=N–C) groups is 1. The van der Waals surface area contributed by atoms with Gasteiger partial charge in [-0.25, -0.2) is 4.79 Å². The molecule has 12 amide bonds. The number of hydrogen-bond acceptors (Lipinski definition) is 15. The van der Waals surface area contributed by atoms with Gasteiger partial charge < -0.3 is 85.4 Å². The number of azide groups is 1. The maximum absolute atomic E-state index is 15.3. The monoisotopic (exact) mass is 1460 g/mol. The number of carboxylic acids is 1. The highest BCUT2D eigenvalue weighted by molar-refractivity contribution is 6.30. The number of nitrogens with one attached hydrogen (secondary N) is 11. The van der Waals surface area contributed by atoms with Crippen LogP contribution in [0.5, 0.6) is 0 Å². The van der Waals surface area contributed by atoms with Gasteiger partial charge in [0.05, 0.1) is 0 Å². The summed E-state index contributed by atoms with van der Waals surface area (Å²) in [5.74, 6) is -12.6. The van der Waals surface area contributed by atoms with Gasteiger partial charge in [0, 0.05) is 92.2 Å². The summed E-state index contributed by atoms with van der Waals surface area (Å²) in [4.78, 5) is 195. The molecule has 18 N–H and O–H groups in total. The van der Waals surface area contributed by atoms with E-state index in [1.807, 2.05) is 18.2 Å². The molecule has 2 fully saturated rings. The van der Waals surface area contributed by atoms with E-state index in [4.69, 9.17) is 28.8 Å². The molecule has 34 heteroatoms. The van der Waals surface area contributed by atoms with Crippen LogP contribution < -0.4 is 70.4 Å². The Morgan fingerprint density at radius 2 is 1.36 bits per heavy atom. The molecule has 0 saturated carbocycles. The van der Waals surface area contributed by atoms with Crippen molar-refractivity contribution < 1.29 is 67.4 Å². The zero-order valence-corrected chi connectivity index (χ0v) is 58.7. The molecule has 4 aromatic carbocycles. The largest absolute Gasteiger partial charge is 0.480 e. The van der Waals surface area contributed by atoms with Gasteiger partial charge in [0.1, 0.15) is 60.4 Å². The Kier molecular flexibility index (Phi) is 30.3. The first-order chi connectivity index (χ1) is 49.7. The molecule has 10 atom stereocenters. The Hall–Kier alpha value is -11.2. The fraction of sp³-hybridized carbons (Fsp3) is 0.457. The lowest BCUT2D eigenvalue weighted by Crippen LogP contribution is -2.61. The summed E-state index contributed by atoms with van der Waals surface area (Å²) < 4.78 is 0. The molecular weight excluding hydrogens is 1370 g/mol. The van der Waals surface area contributed by atoms with E-state index in [0.717, 1.165) is 10.8 Å².